The van der Waals surface area contributed by atoms with E-state index in [1.165, 1.54) is 0 Å². The van der Waals surface area contributed by atoms with Crippen molar-refractivity contribution in [1.82, 2.24) is 15.5 Å². The Labute approximate surface area is 178 Å². The van der Waals surface area contributed by atoms with Crippen molar-refractivity contribution in [3.63, 3.8) is 0 Å². The number of aromatic nitrogens is 2. The number of benzene rings is 3. The van der Waals surface area contributed by atoms with Gasteiger partial charge in [-0.3, -0.25) is 4.79 Å². The highest BCUT2D eigenvalue weighted by molar-refractivity contribution is 6.33. The zero-order valence-corrected chi connectivity index (χ0v) is 16.7. The van der Waals surface area contributed by atoms with Crippen molar-refractivity contribution in [3.8, 4) is 28.6 Å². The van der Waals surface area contributed by atoms with Gasteiger partial charge in [0.15, 0.2) is 6.61 Å². The van der Waals surface area contributed by atoms with Crippen molar-refractivity contribution in [2.24, 2.45) is 0 Å². The number of carbonyl (C=O) groups is 1. The van der Waals surface area contributed by atoms with Crippen LogP contribution in [0, 0.1) is 0 Å². The number of ether oxygens (including phenoxy) is 1. The second kappa shape index (κ2) is 9.24. The van der Waals surface area contributed by atoms with E-state index in [1.54, 1.807) is 18.2 Å². The third kappa shape index (κ3) is 4.67. The minimum absolute atomic E-state index is 0.130. The summed E-state index contributed by atoms with van der Waals surface area (Å²) in [6.07, 6.45) is 0. The van der Waals surface area contributed by atoms with Crippen molar-refractivity contribution >= 4 is 17.5 Å². The number of halogens is 1. The average Bonchev–Trinajstić information content (AvgIpc) is 3.27. The van der Waals surface area contributed by atoms with Gasteiger partial charge in [0.25, 0.3) is 11.8 Å². The Morgan fingerprint density at radius 3 is 2.43 bits per heavy atom. The fourth-order valence-corrected chi connectivity index (χ4v) is 3.07. The van der Waals surface area contributed by atoms with Gasteiger partial charge in [-0.25, -0.2) is 0 Å². The van der Waals surface area contributed by atoms with E-state index in [9.17, 15) is 4.79 Å². The molecule has 150 valence electrons. The molecule has 7 heteroatoms. The highest BCUT2D eigenvalue weighted by Gasteiger charge is 2.16. The van der Waals surface area contributed by atoms with Crippen molar-refractivity contribution in [2.45, 2.75) is 6.54 Å². The van der Waals surface area contributed by atoms with Crippen LogP contribution in [0.15, 0.2) is 83.4 Å². The van der Waals surface area contributed by atoms with Crippen molar-refractivity contribution in [2.75, 3.05) is 6.61 Å². The quantitative estimate of drug-likeness (QED) is 0.467. The standard InChI is InChI=1S/C23H18ClN3O3/c24-19-12-6-4-10-17(19)22-26-23(30-27-22)18-11-5-7-13-20(18)29-15-21(28)25-14-16-8-2-1-3-9-16/h1-13H,14-15H2,(H,25,28). The van der Waals surface area contributed by atoms with E-state index in [0.29, 0.717) is 34.3 Å². The van der Waals surface area contributed by atoms with Crippen LogP contribution in [-0.2, 0) is 11.3 Å². The van der Waals surface area contributed by atoms with E-state index in [-0.39, 0.29) is 18.4 Å². The predicted molar refractivity (Wildman–Crippen MR) is 114 cm³/mol. The Balaban J connectivity index is 1.44. The summed E-state index contributed by atoms with van der Waals surface area (Å²) >= 11 is 6.21. The molecule has 30 heavy (non-hydrogen) atoms. The Kier molecular flexibility index (Phi) is 6.06. The fraction of sp³-hybridized carbons (Fsp3) is 0.0870. The van der Waals surface area contributed by atoms with Crippen LogP contribution in [0.4, 0.5) is 0 Å². The first-order valence-corrected chi connectivity index (χ1v) is 9.70. The van der Waals surface area contributed by atoms with E-state index in [4.69, 9.17) is 20.9 Å². The van der Waals surface area contributed by atoms with Crippen molar-refractivity contribution in [3.05, 3.63) is 89.4 Å². The SMILES string of the molecule is O=C(COc1ccccc1-c1nc(-c2ccccc2Cl)no1)NCc1ccccc1. The van der Waals surface area contributed by atoms with Crippen LogP contribution in [0.1, 0.15) is 5.56 Å². The predicted octanol–water partition coefficient (Wildman–Crippen LogP) is 4.75. The molecule has 0 bridgehead atoms. The highest BCUT2D eigenvalue weighted by Crippen LogP contribution is 2.31. The molecule has 0 fully saturated rings. The first kappa shape index (κ1) is 19.7. The lowest BCUT2D eigenvalue weighted by Gasteiger charge is -2.09. The third-order valence-electron chi connectivity index (χ3n) is 4.35. The lowest BCUT2D eigenvalue weighted by Crippen LogP contribution is -2.28. The van der Waals surface area contributed by atoms with E-state index >= 15 is 0 Å². The van der Waals surface area contributed by atoms with Gasteiger partial charge in [-0.05, 0) is 29.8 Å². The molecule has 0 saturated heterocycles. The van der Waals surface area contributed by atoms with Crippen LogP contribution in [-0.4, -0.2) is 22.7 Å². The van der Waals surface area contributed by atoms with Crippen LogP contribution in [0.2, 0.25) is 5.02 Å². The smallest absolute Gasteiger partial charge is 0.262 e. The zero-order chi connectivity index (χ0) is 20.8. The number of hydrogen-bond donors (Lipinski definition) is 1. The maximum absolute atomic E-state index is 12.2. The molecule has 1 aromatic heterocycles. The lowest BCUT2D eigenvalue weighted by molar-refractivity contribution is -0.123. The Morgan fingerprint density at radius 2 is 1.63 bits per heavy atom. The number of nitrogens with zero attached hydrogens (tertiary/aromatic N) is 2. The number of nitrogens with one attached hydrogen (secondary N) is 1. The number of carbonyl (C=O) groups excluding carboxylic acids is 1. The molecule has 4 rings (SSSR count). The first-order chi connectivity index (χ1) is 14.7. The molecule has 0 aliphatic carbocycles. The molecule has 3 aromatic carbocycles. The number of hydrogen-bond acceptors (Lipinski definition) is 5. The maximum atomic E-state index is 12.2. The van der Waals surface area contributed by atoms with Gasteiger partial charge in [0.05, 0.1) is 10.6 Å². The van der Waals surface area contributed by atoms with Crippen LogP contribution in [0.3, 0.4) is 0 Å². The van der Waals surface area contributed by atoms with Crippen LogP contribution in [0.25, 0.3) is 22.8 Å². The second-order valence-corrected chi connectivity index (χ2v) is 6.86. The molecule has 0 spiro atoms. The number of rotatable bonds is 7. The molecule has 1 N–H and O–H groups in total. The molecule has 4 aromatic rings. The number of para-hydroxylation sites is 1. The van der Waals surface area contributed by atoms with Gasteiger partial charge in [-0.2, -0.15) is 4.98 Å². The molecule has 6 nitrogen and oxygen atoms in total. The fourth-order valence-electron chi connectivity index (χ4n) is 2.84. The minimum Gasteiger partial charge on any atom is -0.483 e. The van der Waals surface area contributed by atoms with Crippen molar-refractivity contribution in [1.29, 1.82) is 0 Å². The van der Waals surface area contributed by atoms with Crippen LogP contribution >= 0.6 is 11.6 Å². The third-order valence-corrected chi connectivity index (χ3v) is 4.68. The highest BCUT2D eigenvalue weighted by atomic mass is 35.5. The summed E-state index contributed by atoms with van der Waals surface area (Å²) in [7, 11) is 0. The monoisotopic (exact) mass is 419 g/mol. The maximum Gasteiger partial charge on any atom is 0.262 e. The molecule has 0 saturated carbocycles. The molecule has 0 aliphatic rings. The van der Waals surface area contributed by atoms with Gasteiger partial charge in [0.2, 0.25) is 5.82 Å². The van der Waals surface area contributed by atoms with E-state index in [2.05, 4.69) is 15.5 Å². The normalized spacial score (nSPS) is 10.6. The number of amides is 1. The Hall–Kier alpha value is -3.64. The molecule has 0 radical (unpaired) electrons. The van der Waals surface area contributed by atoms with E-state index in [1.807, 2.05) is 60.7 Å². The summed E-state index contributed by atoms with van der Waals surface area (Å²) in [5.74, 6) is 0.911. The molecular formula is C23H18ClN3O3. The summed E-state index contributed by atoms with van der Waals surface area (Å²) < 4.78 is 11.1. The molecule has 1 amide bonds. The molecule has 1 heterocycles. The van der Waals surface area contributed by atoms with Gasteiger partial charge >= 0.3 is 0 Å². The summed E-state index contributed by atoms with van der Waals surface area (Å²) in [6.45, 7) is 0.310. The van der Waals surface area contributed by atoms with Crippen LogP contribution < -0.4 is 10.1 Å². The summed E-state index contributed by atoms with van der Waals surface area (Å²) in [5, 5.41) is 7.38. The van der Waals surface area contributed by atoms with E-state index < -0.39 is 0 Å². The van der Waals surface area contributed by atoms with Gasteiger partial charge in [0, 0.05) is 12.1 Å². The summed E-state index contributed by atoms with van der Waals surface area (Å²) in [5.41, 5.74) is 2.29. The molecular weight excluding hydrogens is 402 g/mol. The van der Waals surface area contributed by atoms with Gasteiger partial charge in [-0.1, -0.05) is 71.4 Å². The minimum atomic E-state index is -0.226. The Bertz CT molecular complexity index is 1150. The second-order valence-electron chi connectivity index (χ2n) is 6.45. The van der Waals surface area contributed by atoms with Gasteiger partial charge < -0.3 is 14.6 Å². The van der Waals surface area contributed by atoms with E-state index in [0.717, 1.165) is 5.56 Å². The zero-order valence-electron chi connectivity index (χ0n) is 15.9. The average molecular weight is 420 g/mol. The van der Waals surface area contributed by atoms with Crippen LogP contribution in [0.5, 0.6) is 5.75 Å². The first-order valence-electron chi connectivity index (χ1n) is 9.32. The Morgan fingerprint density at radius 1 is 0.933 bits per heavy atom. The summed E-state index contributed by atoms with van der Waals surface area (Å²) in [4.78, 5) is 16.6. The van der Waals surface area contributed by atoms with Gasteiger partial charge in [-0.15, -0.1) is 0 Å². The van der Waals surface area contributed by atoms with Crippen molar-refractivity contribution < 1.29 is 14.1 Å². The van der Waals surface area contributed by atoms with Gasteiger partial charge in [0.1, 0.15) is 5.75 Å². The summed E-state index contributed by atoms with van der Waals surface area (Å²) in [6, 6.07) is 24.1. The molecule has 0 unspecified atom stereocenters. The largest absolute Gasteiger partial charge is 0.483 e. The molecule has 0 atom stereocenters. The lowest BCUT2D eigenvalue weighted by atomic mass is 10.2. The molecule has 0 aliphatic heterocycles. The topological polar surface area (TPSA) is 77.2 Å².